The van der Waals surface area contributed by atoms with Crippen molar-refractivity contribution in [2.75, 3.05) is 46.9 Å². The molecule has 0 aliphatic carbocycles. The molecule has 0 bridgehead atoms. The maximum absolute atomic E-state index is 13.2. The topological polar surface area (TPSA) is 91.9 Å². The van der Waals surface area contributed by atoms with Crippen LogP contribution in [0, 0.1) is 11.3 Å². The third-order valence-corrected chi connectivity index (χ3v) is 6.08. The minimum atomic E-state index is -0.491. The largest absolute Gasteiger partial charge is 0.453 e. The number of hydrogen-bond donors (Lipinski definition) is 3. The van der Waals surface area contributed by atoms with Gasteiger partial charge in [0.1, 0.15) is 0 Å². The van der Waals surface area contributed by atoms with Crippen LogP contribution in [0.15, 0.2) is 24.3 Å². The number of methoxy groups -OCH3 is 1. The lowest BCUT2D eigenvalue weighted by atomic mass is 9.87. The fourth-order valence-corrected chi connectivity index (χ4v) is 4.67. The quantitative estimate of drug-likeness (QED) is 0.422. The molecule has 0 spiro atoms. The van der Waals surface area contributed by atoms with Crippen molar-refractivity contribution in [2.24, 2.45) is 11.3 Å². The highest BCUT2D eigenvalue weighted by atomic mass is 35.5. The third kappa shape index (κ3) is 9.68. The number of benzene rings is 1. The van der Waals surface area contributed by atoms with E-state index in [1.165, 1.54) is 7.11 Å². The van der Waals surface area contributed by atoms with Crippen molar-refractivity contribution in [3.8, 4) is 0 Å². The van der Waals surface area contributed by atoms with Gasteiger partial charge in [0, 0.05) is 43.2 Å². The number of carbonyl (C=O) groups excluding carboxylic acids is 2. The number of halogens is 1. The van der Waals surface area contributed by atoms with Crippen LogP contribution in [0.25, 0.3) is 0 Å². The molecule has 9 heteroatoms. The summed E-state index contributed by atoms with van der Waals surface area (Å²) < 4.78 is 10.8. The summed E-state index contributed by atoms with van der Waals surface area (Å²) >= 11 is 6.26. The Morgan fingerprint density at radius 3 is 2.71 bits per heavy atom. The monoisotopic (exact) mass is 496 g/mol. The van der Waals surface area contributed by atoms with Crippen LogP contribution < -0.4 is 16.0 Å². The van der Waals surface area contributed by atoms with Crippen LogP contribution in [0.4, 0.5) is 9.59 Å². The van der Waals surface area contributed by atoms with Crippen molar-refractivity contribution in [3.63, 3.8) is 0 Å². The maximum Gasteiger partial charge on any atom is 0.406 e. The molecule has 8 nitrogen and oxygen atoms in total. The minimum absolute atomic E-state index is 0.0357. The number of hydrogen-bond acceptors (Lipinski definition) is 5. The van der Waals surface area contributed by atoms with Crippen LogP contribution >= 0.6 is 11.6 Å². The highest BCUT2D eigenvalue weighted by molar-refractivity contribution is 6.30. The normalized spacial score (nSPS) is 18.2. The predicted molar refractivity (Wildman–Crippen MR) is 135 cm³/mol. The first kappa shape index (κ1) is 28.2. The van der Waals surface area contributed by atoms with E-state index < -0.39 is 6.09 Å². The molecule has 0 radical (unpaired) electrons. The Morgan fingerprint density at radius 1 is 1.29 bits per heavy atom. The smallest absolute Gasteiger partial charge is 0.406 e. The zero-order valence-corrected chi connectivity index (χ0v) is 21.9. The van der Waals surface area contributed by atoms with E-state index in [9.17, 15) is 9.59 Å². The number of amides is 3. The summed E-state index contributed by atoms with van der Waals surface area (Å²) in [4.78, 5) is 26.4. The molecule has 0 saturated carbocycles. The van der Waals surface area contributed by atoms with Gasteiger partial charge in [-0.2, -0.15) is 0 Å². The molecule has 1 aromatic carbocycles. The summed E-state index contributed by atoms with van der Waals surface area (Å²) in [5.41, 5.74) is 1.09. The summed E-state index contributed by atoms with van der Waals surface area (Å²) in [6.45, 7) is 9.24. The summed E-state index contributed by atoms with van der Waals surface area (Å²) in [7, 11) is 3.23. The Kier molecular flexibility index (Phi) is 11.4. The number of alkyl carbamates (subject to hydrolysis) is 1. The number of piperidine rings is 1. The van der Waals surface area contributed by atoms with E-state index in [1.54, 1.807) is 0 Å². The number of ether oxygens (including phenoxy) is 2. The van der Waals surface area contributed by atoms with Gasteiger partial charge in [-0.3, -0.25) is 0 Å². The SMILES string of the molecule is CNCC(CC(C)(C)C)NC(=O)N1CCCC([C@@H](OCCNC(=O)OC)c2cccc(Cl)c2)C1. The standard InChI is InChI=1S/C25H41ClN4O4/c1-25(2,3)15-21(16-27-4)29-23(31)30-12-7-9-19(17-30)22(18-8-6-10-20(26)14-18)34-13-11-28-24(32)33-5/h6,8,10,14,19,21-22,27H,7,9,11-13,15-17H2,1-5H3,(H,28,32)(H,29,31)/t19?,21?,22-/m0/s1. The number of carbonyl (C=O) groups is 2. The molecule has 0 aromatic heterocycles. The van der Waals surface area contributed by atoms with Gasteiger partial charge in [-0.15, -0.1) is 0 Å². The van der Waals surface area contributed by atoms with Gasteiger partial charge in [-0.05, 0) is 49.4 Å². The maximum atomic E-state index is 13.2. The number of nitrogens with one attached hydrogen (secondary N) is 3. The van der Waals surface area contributed by atoms with E-state index >= 15 is 0 Å². The van der Waals surface area contributed by atoms with E-state index in [2.05, 4.69) is 41.5 Å². The summed E-state index contributed by atoms with van der Waals surface area (Å²) in [5.74, 6) is 0.112. The fraction of sp³-hybridized carbons (Fsp3) is 0.680. The lowest BCUT2D eigenvalue weighted by Gasteiger charge is -2.38. The van der Waals surface area contributed by atoms with E-state index in [-0.39, 0.29) is 29.5 Å². The van der Waals surface area contributed by atoms with Gasteiger partial charge < -0.3 is 30.3 Å². The van der Waals surface area contributed by atoms with Crippen LogP contribution in [0.1, 0.15) is 51.7 Å². The Morgan fingerprint density at radius 2 is 2.06 bits per heavy atom. The predicted octanol–water partition coefficient (Wildman–Crippen LogP) is 4.20. The number of rotatable bonds is 10. The average molecular weight is 497 g/mol. The molecule has 3 amide bonds. The molecule has 1 aromatic rings. The molecule has 34 heavy (non-hydrogen) atoms. The van der Waals surface area contributed by atoms with Gasteiger partial charge in [-0.1, -0.05) is 44.5 Å². The van der Waals surface area contributed by atoms with Crippen molar-refractivity contribution in [1.82, 2.24) is 20.9 Å². The molecular weight excluding hydrogens is 456 g/mol. The molecule has 3 atom stereocenters. The lowest BCUT2D eigenvalue weighted by molar-refractivity contribution is -0.00866. The van der Waals surface area contributed by atoms with Gasteiger partial charge in [0.2, 0.25) is 0 Å². The number of likely N-dealkylation sites (tertiary alicyclic amines) is 1. The van der Waals surface area contributed by atoms with Crippen LogP contribution in [0.3, 0.4) is 0 Å². The van der Waals surface area contributed by atoms with E-state index in [0.29, 0.717) is 24.7 Å². The molecular formula is C25H41ClN4O4. The lowest BCUT2D eigenvalue weighted by Crippen LogP contribution is -2.52. The molecule has 192 valence electrons. The van der Waals surface area contributed by atoms with Gasteiger partial charge in [0.05, 0.1) is 19.8 Å². The van der Waals surface area contributed by atoms with E-state index in [4.69, 9.17) is 16.3 Å². The van der Waals surface area contributed by atoms with Gasteiger partial charge in [0.25, 0.3) is 0 Å². The van der Waals surface area contributed by atoms with Crippen LogP contribution in [0.2, 0.25) is 5.02 Å². The first-order valence-electron chi connectivity index (χ1n) is 12.0. The molecule has 1 fully saturated rings. The Balaban J connectivity index is 2.07. The van der Waals surface area contributed by atoms with Gasteiger partial charge in [0.15, 0.2) is 0 Å². The molecule has 2 rings (SSSR count). The summed E-state index contributed by atoms with van der Waals surface area (Å²) in [6.07, 6.45) is 1.99. The highest BCUT2D eigenvalue weighted by Crippen LogP contribution is 2.34. The Labute approximate surface area is 209 Å². The van der Waals surface area contributed by atoms with E-state index in [0.717, 1.165) is 37.9 Å². The summed E-state index contributed by atoms with van der Waals surface area (Å²) in [5, 5.41) is 9.69. The zero-order chi connectivity index (χ0) is 25.1. The molecule has 1 saturated heterocycles. The number of urea groups is 1. The van der Waals surface area contributed by atoms with Crippen LogP contribution in [-0.2, 0) is 9.47 Å². The second-order valence-electron chi connectivity index (χ2n) is 10.1. The van der Waals surface area contributed by atoms with Crippen LogP contribution in [-0.4, -0.2) is 70.0 Å². The molecule has 1 heterocycles. The van der Waals surface area contributed by atoms with Crippen molar-refractivity contribution in [3.05, 3.63) is 34.9 Å². The molecule has 1 aliphatic rings. The van der Waals surface area contributed by atoms with Crippen molar-refractivity contribution in [2.45, 2.75) is 52.2 Å². The second kappa shape index (κ2) is 13.8. The highest BCUT2D eigenvalue weighted by Gasteiger charge is 2.32. The number of nitrogens with zero attached hydrogens (tertiary/aromatic N) is 1. The van der Waals surface area contributed by atoms with E-state index in [1.807, 2.05) is 36.2 Å². The van der Waals surface area contributed by atoms with Gasteiger partial charge >= 0.3 is 12.1 Å². The Bertz CT molecular complexity index is 786. The fourth-order valence-electron chi connectivity index (χ4n) is 4.47. The average Bonchev–Trinajstić information content (AvgIpc) is 2.78. The molecule has 3 N–H and O–H groups in total. The van der Waals surface area contributed by atoms with Crippen molar-refractivity contribution >= 4 is 23.7 Å². The molecule has 2 unspecified atom stereocenters. The third-order valence-electron chi connectivity index (χ3n) is 5.84. The molecule has 1 aliphatic heterocycles. The zero-order valence-electron chi connectivity index (χ0n) is 21.2. The van der Waals surface area contributed by atoms with Gasteiger partial charge in [-0.25, -0.2) is 9.59 Å². The minimum Gasteiger partial charge on any atom is -0.453 e. The number of likely N-dealkylation sites (N-methyl/N-ethyl adjacent to an activating group) is 1. The van der Waals surface area contributed by atoms with Crippen molar-refractivity contribution in [1.29, 1.82) is 0 Å². The first-order chi connectivity index (χ1) is 16.1. The first-order valence-corrected chi connectivity index (χ1v) is 12.4. The Hall–Kier alpha value is -2.03. The van der Waals surface area contributed by atoms with Crippen molar-refractivity contribution < 1.29 is 19.1 Å². The van der Waals surface area contributed by atoms with Crippen LogP contribution in [0.5, 0.6) is 0 Å². The summed E-state index contributed by atoms with van der Waals surface area (Å²) in [6, 6.07) is 7.66. The second-order valence-corrected chi connectivity index (χ2v) is 10.5.